The van der Waals surface area contributed by atoms with Crippen molar-refractivity contribution in [3.63, 3.8) is 0 Å². The Hall–Kier alpha value is -1.40. The first-order valence-electron chi connectivity index (χ1n) is 6.25. The molecule has 0 aromatic heterocycles. The Balaban J connectivity index is 3.07. The Bertz CT molecular complexity index is 516. The normalized spacial score (nSPS) is 11.7. The van der Waals surface area contributed by atoms with Crippen LogP contribution in [0.1, 0.15) is 37.0 Å². The maximum absolute atomic E-state index is 12.4. The van der Waals surface area contributed by atoms with Crippen LogP contribution in [-0.4, -0.2) is 31.8 Å². The summed E-state index contributed by atoms with van der Waals surface area (Å²) in [6.07, 6.45) is 1.46. The van der Waals surface area contributed by atoms with Crippen molar-refractivity contribution >= 4 is 16.0 Å². The van der Waals surface area contributed by atoms with Gasteiger partial charge in [0.05, 0.1) is 10.5 Å². The molecule has 0 aliphatic heterocycles. The van der Waals surface area contributed by atoms with Crippen molar-refractivity contribution in [2.75, 3.05) is 13.1 Å². The predicted octanol–water partition coefficient (Wildman–Crippen LogP) is 2.07. The van der Waals surface area contributed by atoms with E-state index in [4.69, 9.17) is 0 Å². The SMILES string of the molecule is CCCN(CCC)S(=O)(=O)c1ccc(C([O])=O)cc1. The van der Waals surface area contributed by atoms with Gasteiger partial charge in [-0.2, -0.15) is 4.31 Å². The highest BCUT2D eigenvalue weighted by molar-refractivity contribution is 7.89. The molecule has 0 spiro atoms. The Morgan fingerprint density at radius 2 is 1.53 bits per heavy atom. The van der Waals surface area contributed by atoms with Crippen molar-refractivity contribution in [2.24, 2.45) is 0 Å². The maximum Gasteiger partial charge on any atom is 0.386 e. The molecule has 0 N–H and O–H groups in total. The highest BCUT2D eigenvalue weighted by atomic mass is 32.2. The molecular weight excluding hydrogens is 266 g/mol. The van der Waals surface area contributed by atoms with E-state index >= 15 is 0 Å². The molecule has 0 saturated heterocycles. The van der Waals surface area contributed by atoms with Crippen LogP contribution >= 0.6 is 0 Å². The topological polar surface area (TPSA) is 74.3 Å². The largest absolute Gasteiger partial charge is 0.386 e. The van der Waals surface area contributed by atoms with E-state index in [9.17, 15) is 18.3 Å². The van der Waals surface area contributed by atoms with E-state index in [0.29, 0.717) is 13.1 Å². The molecule has 0 saturated carbocycles. The van der Waals surface area contributed by atoms with Crippen molar-refractivity contribution in [2.45, 2.75) is 31.6 Å². The molecule has 0 aliphatic carbocycles. The van der Waals surface area contributed by atoms with Gasteiger partial charge in [-0.1, -0.05) is 13.8 Å². The van der Waals surface area contributed by atoms with Crippen molar-refractivity contribution in [3.8, 4) is 0 Å². The van der Waals surface area contributed by atoms with Gasteiger partial charge in [0, 0.05) is 13.1 Å². The zero-order valence-electron chi connectivity index (χ0n) is 11.1. The summed E-state index contributed by atoms with van der Waals surface area (Å²) in [6, 6.07) is 5.11. The zero-order valence-corrected chi connectivity index (χ0v) is 11.9. The lowest BCUT2D eigenvalue weighted by Crippen LogP contribution is -2.32. The molecule has 5 nitrogen and oxygen atoms in total. The average Bonchev–Trinajstić information content (AvgIpc) is 2.38. The van der Waals surface area contributed by atoms with Crippen LogP contribution in [0.25, 0.3) is 0 Å². The molecule has 0 bridgehead atoms. The first-order chi connectivity index (χ1) is 8.93. The average molecular weight is 284 g/mol. The van der Waals surface area contributed by atoms with E-state index in [0.717, 1.165) is 12.8 Å². The fourth-order valence-electron chi connectivity index (χ4n) is 1.76. The van der Waals surface area contributed by atoms with Gasteiger partial charge < -0.3 is 0 Å². The molecule has 6 heteroatoms. The van der Waals surface area contributed by atoms with Gasteiger partial charge in [-0.05, 0) is 37.1 Å². The number of carbonyl (C=O) groups excluding carboxylic acids is 1. The Labute approximate surface area is 113 Å². The van der Waals surface area contributed by atoms with E-state index in [2.05, 4.69) is 0 Å². The van der Waals surface area contributed by atoms with Crippen molar-refractivity contribution in [3.05, 3.63) is 29.8 Å². The van der Waals surface area contributed by atoms with Crippen LogP contribution in [0.15, 0.2) is 29.2 Å². The van der Waals surface area contributed by atoms with Gasteiger partial charge in [0.2, 0.25) is 10.0 Å². The number of rotatable bonds is 7. The van der Waals surface area contributed by atoms with E-state index in [1.165, 1.54) is 28.6 Å². The molecule has 1 radical (unpaired) electrons. The summed E-state index contributed by atoms with van der Waals surface area (Å²) in [7, 11) is -3.55. The number of benzene rings is 1. The van der Waals surface area contributed by atoms with Crippen LogP contribution in [0.4, 0.5) is 0 Å². The van der Waals surface area contributed by atoms with E-state index in [-0.39, 0.29) is 10.5 Å². The second-order valence-electron chi connectivity index (χ2n) is 4.22. The summed E-state index contributed by atoms with van der Waals surface area (Å²) in [6.45, 7) is 4.74. The summed E-state index contributed by atoms with van der Waals surface area (Å²) in [4.78, 5) is 10.7. The first kappa shape index (κ1) is 15.7. The molecule has 0 unspecified atom stereocenters. The molecule has 1 aromatic rings. The minimum atomic E-state index is -3.55. The smallest absolute Gasteiger partial charge is 0.242 e. The molecule has 0 atom stereocenters. The van der Waals surface area contributed by atoms with E-state index < -0.39 is 16.0 Å². The van der Waals surface area contributed by atoms with Gasteiger partial charge in [-0.15, -0.1) is 0 Å². The first-order valence-corrected chi connectivity index (χ1v) is 7.69. The van der Waals surface area contributed by atoms with E-state index in [1.54, 1.807) is 0 Å². The number of sulfonamides is 1. The van der Waals surface area contributed by atoms with Gasteiger partial charge in [0.25, 0.3) is 0 Å². The lowest BCUT2D eigenvalue weighted by Gasteiger charge is -2.20. The molecule has 105 valence electrons. The van der Waals surface area contributed by atoms with Crippen molar-refractivity contribution < 1.29 is 18.3 Å². The fourth-order valence-corrected chi connectivity index (χ4v) is 3.39. The predicted molar refractivity (Wildman–Crippen MR) is 70.8 cm³/mol. The second kappa shape index (κ2) is 6.68. The standard InChI is InChI=1S/C13H18NO4S/c1-3-9-14(10-4-2)19(17,18)12-7-5-11(6-8-12)13(15)16/h5-8H,3-4,9-10H2,1-2H3. The maximum atomic E-state index is 12.4. The van der Waals surface area contributed by atoms with Gasteiger partial charge in [-0.3, -0.25) is 0 Å². The molecule has 0 amide bonds. The molecule has 0 aliphatic rings. The number of nitrogens with zero attached hydrogens (tertiary/aromatic N) is 1. The third kappa shape index (κ3) is 3.78. The van der Waals surface area contributed by atoms with Crippen LogP contribution in [0.2, 0.25) is 0 Å². The third-order valence-electron chi connectivity index (χ3n) is 2.67. The fraction of sp³-hybridized carbons (Fsp3) is 0.462. The minimum absolute atomic E-state index is 0.0310. The number of carbonyl (C=O) groups is 1. The van der Waals surface area contributed by atoms with Gasteiger partial charge in [0.1, 0.15) is 0 Å². The molecule has 19 heavy (non-hydrogen) atoms. The quantitative estimate of drug-likeness (QED) is 0.769. The van der Waals surface area contributed by atoms with Crippen molar-refractivity contribution in [1.82, 2.24) is 4.31 Å². The van der Waals surface area contributed by atoms with Crippen LogP contribution in [0, 0.1) is 0 Å². The Kier molecular flexibility index (Phi) is 5.50. The lowest BCUT2D eigenvalue weighted by molar-refractivity contribution is 0.0573. The lowest BCUT2D eigenvalue weighted by atomic mass is 10.2. The molecule has 0 fully saturated rings. The summed E-state index contributed by atoms with van der Waals surface area (Å²) >= 11 is 0. The van der Waals surface area contributed by atoms with E-state index in [1.807, 2.05) is 13.8 Å². The highest BCUT2D eigenvalue weighted by Crippen LogP contribution is 2.17. The highest BCUT2D eigenvalue weighted by Gasteiger charge is 2.23. The summed E-state index contributed by atoms with van der Waals surface area (Å²) in [5.74, 6) is -1.32. The Morgan fingerprint density at radius 3 is 1.89 bits per heavy atom. The van der Waals surface area contributed by atoms with Gasteiger partial charge in [0.15, 0.2) is 0 Å². The van der Waals surface area contributed by atoms with Crippen LogP contribution in [0.3, 0.4) is 0 Å². The zero-order chi connectivity index (χ0) is 14.5. The molecule has 1 rings (SSSR count). The number of hydrogen-bond donors (Lipinski definition) is 0. The summed E-state index contributed by atoms with van der Waals surface area (Å²) < 4.78 is 26.1. The van der Waals surface area contributed by atoms with Crippen LogP contribution < -0.4 is 0 Å². The molecule has 1 aromatic carbocycles. The van der Waals surface area contributed by atoms with Crippen molar-refractivity contribution in [1.29, 1.82) is 0 Å². The van der Waals surface area contributed by atoms with Gasteiger partial charge in [-0.25, -0.2) is 18.3 Å². The molecular formula is C13H18NO4S. The van der Waals surface area contributed by atoms with Crippen LogP contribution in [0.5, 0.6) is 0 Å². The molecule has 0 heterocycles. The Morgan fingerprint density at radius 1 is 1.05 bits per heavy atom. The second-order valence-corrected chi connectivity index (χ2v) is 6.15. The summed E-state index contributed by atoms with van der Waals surface area (Å²) in [5.41, 5.74) is -0.0310. The van der Waals surface area contributed by atoms with Gasteiger partial charge >= 0.3 is 5.97 Å². The third-order valence-corrected chi connectivity index (χ3v) is 4.59. The van der Waals surface area contributed by atoms with Crippen LogP contribution in [-0.2, 0) is 15.1 Å². The number of hydrogen-bond acceptors (Lipinski definition) is 3. The minimum Gasteiger partial charge on any atom is -0.242 e. The summed E-state index contributed by atoms with van der Waals surface area (Å²) in [5, 5.41) is 10.6. The monoisotopic (exact) mass is 284 g/mol.